The fraction of sp³-hybridized carbons (Fsp3) is 0.222. The number of benzene rings is 1. The normalized spacial score (nSPS) is 11.3. The van der Waals surface area contributed by atoms with Crippen molar-refractivity contribution in [3.8, 4) is 11.1 Å². The molecule has 6 nitrogen and oxygen atoms in total. The molecule has 0 bridgehead atoms. The Morgan fingerprint density at radius 2 is 2.12 bits per heavy atom. The predicted molar refractivity (Wildman–Crippen MR) is 101 cm³/mol. The van der Waals surface area contributed by atoms with Crippen molar-refractivity contribution in [2.45, 2.75) is 20.3 Å². The third kappa shape index (κ3) is 2.47. The minimum Gasteiger partial charge on any atom is -0.365 e. The number of ketones is 1. The summed E-state index contributed by atoms with van der Waals surface area (Å²) >= 11 is 1.60. The van der Waals surface area contributed by atoms with E-state index in [0.717, 1.165) is 43.1 Å². The minimum atomic E-state index is 0.0492. The molecule has 4 rings (SSSR count). The molecule has 0 radical (unpaired) electrons. The van der Waals surface area contributed by atoms with Crippen LogP contribution in [0.15, 0.2) is 24.7 Å². The van der Waals surface area contributed by atoms with E-state index >= 15 is 0 Å². The van der Waals surface area contributed by atoms with Gasteiger partial charge >= 0.3 is 0 Å². The molecule has 25 heavy (non-hydrogen) atoms. The number of nitrogens with one attached hydrogen (secondary N) is 2. The molecule has 7 heteroatoms. The number of aryl methyl sites for hydroxylation is 1. The van der Waals surface area contributed by atoms with Crippen LogP contribution < -0.4 is 5.32 Å². The van der Waals surface area contributed by atoms with Gasteiger partial charge in [0.15, 0.2) is 10.9 Å². The van der Waals surface area contributed by atoms with Gasteiger partial charge in [-0.15, -0.1) is 0 Å². The van der Waals surface area contributed by atoms with Gasteiger partial charge in [0.25, 0.3) is 0 Å². The maximum Gasteiger partial charge on any atom is 0.183 e. The highest BCUT2D eigenvalue weighted by Gasteiger charge is 2.17. The summed E-state index contributed by atoms with van der Waals surface area (Å²) in [7, 11) is 1.86. The molecule has 2 N–H and O–H groups in total. The van der Waals surface area contributed by atoms with Crippen LogP contribution in [0.1, 0.15) is 29.4 Å². The number of thiazole rings is 1. The smallest absolute Gasteiger partial charge is 0.183 e. The highest BCUT2D eigenvalue weighted by Crippen LogP contribution is 2.37. The van der Waals surface area contributed by atoms with Crippen LogP contribution in [0, 0.1) is 6.92 Å². The number of aromatic amines is 1. The zero-order valence-electron chi connectivity index (χ0n) is 14.2. The molecular formula is C18H17N5OS. The maximum atomic E-state index is 11.9. The van der Waals surface area contributed by atoms with Crippen molar-refractivity contribution in [2.24, 2.45) is 0 Å². The van der Waals surface area contributed by atoms with E-state index < -0.39 is 0 Å². The SMILES string of the molecule is CCC(=O)c1cc(C)c(-c2cc3nc(NC)sc3c3[nH]cnc23)cn1. The number of carbonyl (C=O) groups excluding carboxylic acids is 1. The maximum absolute atomic E-state index is 11.9. The van der Waals surface area contributed by atoms with Gasteiger partial charge in [-0.3, -0.25) is 9.78 Å². The molecule has 0 aliphatic heterocycles. The van der Waals surface area contributed by atoms with Crippen LogP contribution in [0.5, 0.6) is 0 Å². The lowest BCUT2D eigenvalue weighted by Crippen LogP contribution is -2.01. The summed E-state index contributed by atoms with van der Waals surface area (Å²) in [5.74, 6) is 0.0492. The third-order valence-corrected chi connectivity index (χ3v) is 5.38. The van der Waals surface area contributed by atoms with Crippen molar-refractivity contribution >= 4 is 43.5 Å². The number of carbonyl (C=O) groups is 1. The van der Waals surface area contributed by atoms with Gasteiger partial charge in [-0.2, -0.15) is 0 Å². The van der Waals surface area contributed by atoms with E-state index in [2.05, 4.69) is 25.3 Å². The number of H-pyrrole nitrogens is 1. The van der Waals surface area contributed by atoms with Crippen LogP contribution >= 0.6 is 11.3 Å². The van der Waals surface area contributed by atoms with Gasteiger partial charge in [0, 0.05) is 30.8 Å². The fourth-order valence-corrected chi connectivity index (χ4v) is 3.88. The van der Waals surface area contributed by atoms with Crippen molar-refractivity contribution in [1.29, 1.82) is 0 Å². The van der Waals surface area contributed by atoms with Crippen LogP contribution in [0.25, 0.3) is 32.4 Å². The average Bonchev–Trinajstić information content (AvgIpc) is 3.26. The van der Waals surface area contributed by atoms with Crippen molar-refractivity contribution in [3.05, 3.63) is 35.9 Å². The number of anilines is 1. The molecule has 0 aliphatic rings. The number of fused-ring (bicyclic) bond motifs is 3. The molecule has 0 saturated carbocycles. The molecule has 0 spiro atoms. The summed E-state index contributed by atoms with van der Waals surface area (Å²) in [6.45, 7) is 3.84. The summed E-state index contributed by atoms with van der Waals surface area (Å²) in [6.07, 6.45) is 3.91. The summed E-state index contributed by atoms with van der Waals surface area (Å²) < 4.78 is 1.07. The fourth-order valence-electron chi connectivity index (χ4n) is 2.97. The summed E-state index contributed by atoms with van der Waals surface area (Å²) in [6, 6.07) is 3.89. The second-order valence-corrected chi connectivity index (χ2v) is 6.83. The first kappa shape index (κ1) is 15.7. The van der Waals surface area contributed by atoms with E-state index in [1.165, 1.54) is 0 Å². The van der Waals surface area contributed by atoms with Crippen molar-refractivity contribution < 1.29 is 4.79 Å². The number of hydrogen-bond donors (Lipinski definition) is 2. The van der Waals surface area contributed by atoms with Crippen molar-refractivity contribution in [1.82, 2.24) is 19.9 Å². The molecule has 0 unspecified atom stereocenters. The monoisotopic (exact) mass is 351 g/mol. The molecule has 3 aromatic heterocycles. The van der Waals surface area contributed by atoms with Gasteiger partial charge in [-0.05, 0) is 24.6 Å². The summed E-state index contributed by atoms with van der Waals surface area (Å²) in [5, 5.41) is 3.96. The predicted octanol–water partition coefficient (Wildman–Crippen LogP) is 4.18. The summed E-state index contributed by atoms with van der Waals surface area (Å²) in [5.41, 5.74) is 6.21. The number of pyridine rings is 1. The van der Waals surface area contributed by atoms with E-state index in [4.69, 9.17) is 0 Å². The van der Waals surface area contributed by atoms with Gasteiger partial charge in [0.2, 0.25) is 0 Å². The number of aromatic nitrogens is 4. The first-order valence-electron chi connectivity index (χ1n) is 8.07. The average molecular weight is 351 g/mol. The molecule has 0 aliphatic carbocycles. The largest absolute Gasteiger partial charge is 0.365 e. The topological polar surface area (TPSA) is 83.6 Å². The number of imidazole rings is 1. The lowest BCUT2D eigenvalue weighted by atomic mass is 9.99. The Kier molecular flexibility index (Phi) is 3.73. The number of rotatable bonds is 4. The molecule has 4 aromatic rings. The van der Waals surface area contributed by atoms with Gasteiger partial charge < -0.3 is 10.3 Å². The lowest BCUT2D eigenvalue weighted by molar-refractivity contribution is 0.0983. The quantitative estimate of drug-likeness (QED) is 0.539. The third-order valence-electron chi connectivity index (χ3n) is 4.28. The van der Waals surface area contributed by atoms with E-state index in [1.807, 2.05) is 33.0 Å². The summed E-state index contributed by atoms with van der Waals surface area (Å²) in [4.78, 5) is 28.6. The zero-order valence-corrected chi connectivity index (χ0v) is 15.0. The molecule has 0 fully saturated rings. The molecule has 0 saturated heterocycles. The Balaban J connectivity index is 1.96. The molecule has 0 atom stereocenters. The second-order valence-electron chi connectivity index (χ2n) is 5.83. The first-order valence-corrected chi connectivity index (χ1v) is 8.88. The Labute approximate surface area is 148 Å². The van der Waals surface area contributed by atoms with Crippen LogP contribution in [0.2, 0.25) is 0 Å². The molecule has 3 heterocycles. The van der Waals surface area contributed by atoms with Crippen molar-refractivity contribution in [3.63, 3.8) is 0 Å². The minimum absolute atomic E-state index is 0.0492. The van der Waals surface area contributed by atoms with E-state index in [1.54, 1.807) is 23.9 Å². The number of Topliss-reactive ketones (excluding diaryl/α,β-unsaturated/α-hetero) is 1. The van der Waals surface area contributed by atoms with E-state index in [-0.39, 0.29) is 5.78 Å². The standard InChI is InChI=1S/C18H17N5OS/c1-4-14(24)12-5-9(2)11(7-20-12)10-6-13-17(25-18(19-3)23-13)16-15(10)21-8-22-16/h5-8H,4H2,1-3H3,(H,19,23)(H,21,22). The lowest BCUT2D eigenvalue weighted by Gasteiger charge is -2.08. The Morgan fingerprint density at radius 1 is 1.28 bits per heavy atom. The van der Waals surface area contributed by atoms with Gasteiger partial charge in [0.05, 0.1) is 27.6 Å². The molecule has 126 valence electrons. The Morgan fingerprint density at radius 3 is 2.84 bits per heavy atom. The number of nitrogens with zero attached hydrogens (tertiary/aromatic N) is 3. The van der Waals surface area contributed by atoms with E-state index in [9.17, 15) is 4.79 Å². The van der Waals surface area contributed by atoms with Gasteiger partial charge in [-0.25, -0.2) is 9.97 Å². The van der Waals surface area contributed by atoms with Crippen LogP contribution in [-0.2, 0) is 0 Å². The highest BCUT2D eigenvalue weighted by atomic mass is 32.1. The molecule has 1 aromatic carbocycles. The van der Waals surface area contributed by atoms with Gasteiger partial charge in [0.1, 0.15) is 5.69 Å². The van der Waals surface area contributed by atoms with Crippen LogP contribution in [0.3, 0.4) is 0 Å². The Bertz CT molecular complexity index is 1110. The van der Waals surface area contributed by atoms with E-state index in [0.29, 0.717) is 12.1 Å². The van der Waals surface area contributed by atoms with Crippen LogP contribution in [0.4, 0.5) is 5.13 Å². The zero-order chi connectivity index (χ0) is 17.6. The highest BCUT2D eigenvalue weighted by molar-refractivity contribution is 7.23. The van der Waals surface area contributed by atoms with Gasteiger partial charge in [-0.1, -0.05) is 18.3 Å². The second kappa shape index (κ2) is 5.93. The molecule has 0 amide bonds. The molecular weight excluding hydrogens is 334 g/mol. The first-order chi connectivity index (χ1) is 12.1. The number of hydrogen-bond acceptors (Lipinski definition) is 6. The Hall–Kier alpha value is -2.80. The van der Waals surface area contributed by atoms with Crippen molar-refractivity contribution in [2.75, 3.05) is 12.4 Å². The van der Waals surface area contributed by atoms with Crippen LogP contribution in [-0.4, -0.2) is 32.8 Å².